The zero-order valence-corrected chi connectivity index (χ0v) is 10.7. The van der Waals surface area contributed by atoms with Crippen LogP contribution in [0, 0.1) is 0 Å². The van der Waals surface area contributed by atoms with Crippen LogP contribution in [0.25, 0.3) is 0 Å². The van der Waals surface area contributed by atoms with Crippen LogP contribution in [0.15, 0.2) is 24.3 Å². The molecule has 0 aromatic heterocycles. The number of nitrogens with zero attached hydrogens (tertiary/aromatic N) is 1. The minimum Gasteiger partial charge on any atom is -0.397 e. The lowest BCUT2D eigenvalue weighted by Gasteiger charge is -2.19. The van der Waals surface area contributed by atoms with E-state index in [2.05, 4.69) is 5.32 Å². The maximum absolute atomic E-state index is 11.8. The predicted molar refractivity (Wildman–Crippen MR) is 73.3 cm³/mol. The number of rotatable bonds is 7. The maximum Gasteiger partial charge on any atom is 0.238 e. The van der Waals surface area contributed by atoms with Crippen molar-refractivity contribution in [1.82, 2.24) is 4.90 Å². The SMILES string of the molecule is CCN(CCCO)CC(=O)Nc1ccccc1N. The second-order valence-electron chi connectivity index (χ2n) is 4.08. The van der Waals surface area contributed by atoms with Gasteiger partial charge in [-0.15, -0.1) is 0 Å². The maximum atomic E-state index is 11.8. The molecule has 1 aromatic rings. The molecule has 0 radical (unpaired) electrons. The lowest BCUT2D eigenvalue weighted by molar-refractivity contribution is -0.117. The number of likely N-dealkylation sites (N-methyl/N-ethyl adjacent to an activating group) is 1. The van der Waals surface area contributed by atoms with Crippen molar-refractivity contribution >= 4 is 17.3 Å². The van der Waals surface area contributed by atoms with E-state index in [-0.39, 0.29) is 12.5 Å². The molecule has 0 saturated heterocycles. The zero-order valence-electron chi connectivity index (χ0n) is 10.7. The first-order valence-electron chi connectivity index (χ1n) is 6.15. The van der Waals surface area contributed by atoms with Crippen LogP contribution in [0.5, 0.6) is 0 Å². The minimum absolute atomic E-state index is 0.0901. The number of carbonyl (C=O) groups excluding carboxylic acids is 1. The molecular formula is C13H21N3O2. The van der Waals surface area contributed by atoms with Gasteiger partial charge in [-0.2, -0.15) is 0 Å². The van der Waals surface area contributed by atoms with Crippen molar-refractivity contribution in [2.24, 2.45) is 0 Å². The highest BCUT2D eigenvalue weighted by molar-refractivity contribution is 5.95. The molecule has 0 fully saturated rings. The number of benzene rings is 1. The van der Waals surface area contributed by atoms with Gasteiger partial charge in [0.1, 0.15) is 0 Å². The summed E-state index contributed by atoms with van der Waals surface area (Å²) in [5.41, 5.74) is 6.95. The van der Waals surface area contributed by atoms with Crippen molar-refractivity contribution in [2.75, 3.05) is 37.3 Å². The Morgan fingerprint density at radius 3 is 2.78 bits per heavy atom. The van der Waals surface area contributed by atoms with Gasteiger partial charge in [-0.3, -0.25) is 9.69 Å². The number of para-hydroxylation sites is 2. The summed E-state index contributed by atoms with van der Waals surface area (Å²) in [6, 6.07) is 7.18. The first kappa shape index (κ1) is 14.5. The van der Waals surface area contributed by atoms with Gasteiger partial charge < -0.3 is 16.2 Å². The lowest BCUT2D eigenvalue weighted by atomic mass is 10.2. The summed E-state index contributed by atoms with van der Waals surface area (Å²) in [5, 5.41) is 11.6. The van der Waals surface area contributed by atoms with E-state index in [0.29, 0.717) is 30.9 Å². The smallest absolute Gasteiger partial charge is 0.238 e. The molecule has 5 nitrogen and oxygen atoms in total. The van der Waals surface area contributed by atoms with Crippen LogP contribution in [-0.4, -0.2) is 42.2 Å². The lowest BCUT2D eigenvalue weighted by Crippen LogP contribution is -2.34. The third kappa shape index (κ3) is 4.73. The standard InChI is InChI=1S/C13H21N3O2/c1-2-16(8-5-9-17)10-13(18)15-12-7-4-3-6-11(12)14/h3-4,6-7,17H,2,5,8-10,14H2,1H3,(H,15,18). The number of carbonyl (C=O) groups is 1. The van der Waals surface area contributed by atoms with E-state index in [1.165, 1.54) is 0 Å². The monoisotopic (exact) mass is 251 g/mol. The van der Waals surface area contributed by atoms with E-state index >= 15 is 0 Å². The van der Waals surface area contributed by atoms with E-state index < -0.39 is 0 Å². The Labute approximate surface area is 108 Å². The highest BCUT2D eigenvalue weighted by Crippen LogP contribution is 2.16. The molecule has 18 heavy (non-hydrogen) atoms. The van der Waals surface area contributed by atoms with Gasteiger partial charge in [-0.05, 0) is 25.1 Å². The molecular weight excluding hydrogens is 230 g/mol. The van der Waals surface area contributed by atoms with Crippen LogP contribution in [0.1, 0.15) is 13.3 Å². The number of hydrogen-bond acceptors (Lipinski definition) is 4. The first-order valence-corrected chi connectivity index (χ1v) is 6.15. The van der Waals surface area contributed by atoms with E-state index in [0.717, 1.165) is 6.54 Å². The zero-order chi connectivity index (χ0) is 13.4. The van der Waals surface area contributed by atoms with Gasteiger partial charge in [0.25, 0.3) is 0 Å². The summed E-state index contributed by atoms with van der Waals surface area (Å²) in [4.78, 5) is 13.8. The number of anilines is 2. The summed E-state index contributed by atoms with van der Waals surface area (Å²) in [6.45, 7) is 3.93. The van der Waals surface area contributed by atoms with E-state index in [1.807, 2.05) is 24.0 Å². The molecule has 0 aliphatic carbocycles. The Hall–Kier alpha value is -1.59. The van der Waals surface area contributed by atoms with E-state index in [1.54, 1.807) is 12.1 Å². The second kappa shape index (κ2) is 7.68. The Kier molecular flexibility index (Phi) is 6.18. The van der Waals surface area contributed by atoms with E-state index in [4.69, 9.17) is 10.8 Å². The normalized spacial score (nSPS) is 10.6. The summed E-state index contributed by atoms with van der Waals surface area (Å²) >= 11 is 0. The molecule has 100 valence electrons. The quantitative estimate of drug-likeness (QED) is 0.629. The number of aliphatic hydroxyl groups excluding tert-OH is 1. The first-order chi connectivity index (χ1) is 8.67. The highest BCUT2D eigenvalue weighted by atomic mass is 16.3. The minimum atomic E-state index is -0.0901. The molecule has 0 bridgehead atoms. The van der Waals surface area contributed by atoms with Crippen molar-refractivity contribution in [3.8, 4) is 0 Å². The largest absolute Gasteiger partial charge is 0.397 e. The van der Waals surface area contributed by atoms with Gasteiger partial charge in [-0.1, -0.05) is 19.1 Å². The third-order valence-electron chi connectivity index (χ3n) is 2.68. The molecule has 0 unspecified atom stereocenters. The molecule has 0 atom stereocenters. The number of hydrogen-bond donors (Lipinski definition) is 3. The molecule has 0 aliphatic rings. The molecule has 1 aromatic carbocycles. The summed E-state index contributed by atoms with van der Waals surface area (Å²) in [7, 11) is 0. The van der Waals surface area contributed by atoms with Crippen LogP contribution in [-0.2, 0) is 4.79 Å². The summed E-state index contributed by atoms with van der Waals surface area (Å²) < 4.78 is 0. The number of aliphatic hydroxyl groups is 1. The number of nitrogens with two attached hydrogens (primary N) is 1. The second-order valence-corrected chi connectivity index (χ2v) is 4.08. The summed E-state index contributed by atoms with van der Waals surface area (Å²) in [5.74, 6) is -0.0901. The molecule has 0 aliphatic heterocycles. The van der Waals surface area contributed by atoms with Gasteiger partial charge >= 0.3 is 0 Å². The van der Waals surface area contributed by atoms with Crippen LogP contribution >= 0.6 is 0 Å². The number of nitrogen functional groups attached to an aromatic ring is 1. The molecule has 4 N–H and O–H groups in total. The molecule has 0 spiro atoms. The van der Waals surface area contributed by atoms with Crippen molar-refractivity contribution < 1.29 is 9.90 Å². The van der Waals surface area contributed by atoms with Crippen molar-refractivity contribution in [3.63, 3.8) is 0 Å². The van der Waals surface area contributed by atoms with Crippen molar-refractivity contribution in [3.05, 3.63) is 24.3 Å². The Morgan fingerprint density at radius 2 is 2.17 bits per heavy atom. The molecule has 0 heterocycles. The number of nitrogens with one attached hydrogen (secondary N) is 1. The van der Waals surface area contributed by atoms with Crippen LogP contribution in [0.2, 0.25) is 0 Å². The average Bonchev–Trinajstić information content (AvgIpc) is 2.37. The Balaban J connectivity index is 2.48. The van der Waals surface area contributed by atoms with Crippen LogP contribution in [0.4, 0.5) is 11.4 Å². The molecule has 1 rings (SSSR count). The molecule has 5 heteroatoms. The van der Waals surface area contributed by atoms with Gasteiger partial charge in [0.15, 0.2) is 0 Å². The average molecular weight is 251 g/mol. The van der Waals surface area contributed by atoms with Gasteiger partial charge in [0.05, 0.1) is 17.9 Å². The molecule has 0 saturated carbocycles. The van der Waals surface area contributed by atoms with Crippen LogP contribution < -0.4 is 11.1 Å². The Bertz CT molecular complexity index is 382. The Morgan fingerprint density at radius 1 is 1.44 bits per heavy atom. The fourth-order valence-corrected chi connectivity index (χ4v) is 1.65. The van der Waals surface area contributed by atoms with Gasteiger partial charge in [0.2, 0.25) is 5.91 Å². The van der Waals surface area contributed by atoms with Crippen LogP contribution in [0.3, 0.4) is 0 Å². The third-order valence-corrected chi connectivity index (χ3v) is 2.68. The predicted octanol–water partition coefficient (Wildman–Crippen LogP) is 0.912. The van der Waals surface area contributed by atoms with Crippen molar-refractivity contribution in [2.45, 2.75) is 13.3 Å². The topological polar surface area (TPSA) is 78.6 Å². The molecule has 1 amide bonds. The fraction of sp³-hybridized carbons (Fsp3) is 0.462. The highest BCUT2D eigenvalue weighted by Gasteiger charge is 2.09. The number of amides is 1. The van der Waals surface area contributed by atoms with Gasteiger partial charge in [0, 0.05) is 13.2 Å². The van der Waals surface area contributed by atoms with Crippen molar-refractivity contribution in [1.29, 1.82) is 0 Å². The van der Waals surface area contributed by atoms with Gasteiger partial charge in [-0.25, -0.2) is 0 Å². The summed E-state index contributed by atoms with van der Waals surface area (Å²) in [6.07, 6.45) is 0.675. The van der Waals surface area contributed by atoms with E-state index in [9.17, 15) is 4.79 Å². The fourth-order valence-electron chi connectivity index (χ4n) is 1.65.